The lowest BCUT2D eigenvalue weighted by Crippen LogP contribution is -2.04. The van der Waals surface area contributed by atoms with Gasteiger partial charge in [0, 0.05) is 29.3 Å². The van der Waals surface area contributed by atoms with Crippen LogP contribution in [-0.4, -0.2) is 21.2 Å². The van der Waals surface area contributed by atoms with Crippen LogP contribution in [0.4, 0.5) is 0 Å². The SMILES string of the molecule is SC[C@H](S)Cc1ccn[nH]1. The zero-order valence-corrected chi connectivity index (χ0v) is 7.28. The van der Waals surface area contributed by atoms with E-state index in [0.717, 1.165) is 17.9 Å². The van der Waals surface area contributed by atoms with Gasteiger partial charge < -0.3 is 0 Å². The fourth-order valence-corrected chi connectivity index (χ4v) is 1.04. The molecule has 0 aromatic carbocycles. The van der Waals surface area contributed by atoms with Crippen LogP contribution >= 0.6 is 25.3 Å². The molecule has 4 heteroatoms. The molecular weight excluding hydrogens is 164 g/mol. The summed E-state index contributed by atoms with van der Waals surface area (Å²) >= 11 is 8.41. The van der Waals surface area contributed by atoms with Gasteiger partial charge in [-0.25, -0.2) is 0 Å². The molecule has 0 radical (unpaired) electrons. The second-order valence-corrected chi connectivity index (χ2v) is 3.22. The van der Waals surface area contributed by atoms with Crippen LogP contribution in [0.1, 0.15) is 5.69 Å². The van der Waals surface area contributed by atoms with Crippen molar-refractivity contribution in [2.75, 3.05) is 5.75 Å². The number of H-pyrrole nitrogens is 1. The molecule has 1 aromatic rings. The van der Waals surface area contributed by atoms with E-state index in [1.165, 1.54) is 0 Å². The van der Waals surface area contributed by atoms with Gasteiger partial charge in [-0.1, -0.05) is 0 Å². The minimum absolute atomic E-state index is 0.323. The molecule has 0 amide bonds. The smallest absolute Gasteiger partial charge is 0.0490 e. The summed E-state index contributed by atoms with van der Waals surface area (Å²) in [4.78, 5) is 0. The molecule has 0 unspecified atom stereocenters. The molecule has 0 saturated heterocycles. The van der Waals surface area contributed by atoms with Gasteiger partial charge in [-0.2, -0.15) is 30.4 Å². The van der Waals surface area contributed by atoms with Crippen LogP contribution in [0.15, 0.2) is 12.3 Å². The summed E-state index contributed by atoms with van der Waals surface area (Å²) in [7, 11) is 0. The maximum absolute atomic E-state index is 4.29. The molecule has 1 heterocycles. The number of thiol groups is 2. The molecule has 1 rings (SSSR count). The number of rotatable bonds is 3. The van der Waals surface area contributed by atoms with Crippen molar-refractivity contribution in [3.8, 4) is 0 Å². The molecule has 0 spiro atoms. The van der Waals surface area contributed by atoms with Gasteiger partial charge in [0.25, 0.3) is 0 Å². The van der Waals surface area contributed by atoms with Crippen LogP contribution in [0, 0.1) is 0 Å². The van der Waals surface area contributed by atoms with Crippen LogP contribution in [0.5, 0.6) is 0 Å². The Labute approximate surface area is 71.2 Å². The minimum atomic E-state index is 0.323. The van der Waals surface area contributed by atoms with E-state index < -0.39 is 0 Å². The van der Waals surface area contributed by atoms with Gasteiger partial charge in [0.2, 0.25) is 0 Å². The van der Waals surface area contributed by atoms with Crippen LogP contribution in [0.3, 0.4) is 0 Å². The van der Waals surface area contributed by atoms with Crippen molar-refractivity contribution in [2.24, 2.45) is 0 Å². The molecule has 1 N–H and O–H groups in total. The Bertz CT molecular complexity index is 174. The maximum atomic E-state index is 4.29. The second-order valence-electron chi connectivity index (χ2n) is 2.12. The number of nitrogens with zero attached hydrogens (tertiary/aromatic N) is 1. The third-order valence-electron chi connectivity index (χ3n) is 1.22. The zero-order chi connectivity index (χ0) is 7.40. The minimum Gasteiger partial charge on any atom is -0.283 e. The summed E-state index contributed by atoms with van der Waals surface area (Å²) in [5, 5.41) is 7.02. The van der Waals surface area contributed by atoms with Crippen molar-refractivity contribution in [3.05, 3.63) is 18.0 Å². The highest BCUT2D eigenvalue weighted by Crippen LogP contribution is 2.05. The molecule has 1 atom stereocenters. The van der Waals surface area contributed by atoms with E-state index in [9.17, 15) is 0 Å². The average Bonchev–Trinajstić information content (AvgIpc) is 2.40. The standard InChI is InChI=1S/C6H10N2S2/c9-4-6(10)3-5-1-2-7-8-5/h1-2,6,9-10H,3-4H2,(H,7,8)/t6-/m1/s1. The van der Waals surface area contributed by atoms with Crippen molar-refractivity contribution >= 4 is 25.3 Å². The molecule has 2 nitrogen and oxygen atoms in total. The zero-order valence-electron chi connectivity index (χ0n) is 5.49. The number of hydrogen-bond acceptors (Lipinski definition) is 3. The molecule has 56 valence electrons. The summed E-state index contributed by atoms with van der Waals surface area (Å²) in [6, 6.07) is 1.95. The van der Waals surface area contributed by atoms with E-state index in [0.29, 0.717) is 5.25 Å². The van der Waals surface area contributed by atoms with Gasteiger partial charge in [-0.15, -0.1) is 0 Å². The lowest BCUT2D eigenvalue weighted by atomic mass is 10.2. The number of aromatic nitrogens is 2. The Balaban J connectivity index is 2.40. The van der Waals surface area contributed by atoms with Crippen LogP contribution in [0.25, 0.3) is 0 Å². The third-order valence-corrected chi connectivity index (χ3v) is 2.32. The lowest BCUT2D eigenvalue weighted by molar-refractivity contribution is 0.896. The molecule has 0 aliphatic rings. The first-order valence-corrected chi connectivity index (χ1v) is 4.25. The van der Waals surface area contributed by atoms with Crippen LogP contribution in [-0.2, 0) is 6.42 Å². The molecule has 0 fully saturated rings. The number of hydrogen-bond donors (Lipinski definition) is 3. The first kappa shape index (κ1) is 8.01. The van der Waals surface area contributed by atoms with E-state index in [1.807, 2.05) is 6.07 Å². The summed E-state index contributed by atoms with van der Waals surface area (Å²) in [5.41, 5.74) is 1.12. The van der Waals surface area contributed by atoms with Crippen LogP contribution < -0.4 is 0 Å². The first-order chi connectivity index (χ1) is 4.83. The highest BCUT2D eigenvalue weighted by atomic mass is 32.1. The third kappa shape index (κ3) is 2.27. The predicted octanol–water partition coefficient (Wildman–Crippen LogP) is 1.18. The molecule has 0 aliphatic carbocycles. The Kier molecular flexibility index (Phi) is 3.15. The molecule has 0 aliphatic heterocycles. The Morgan fingerprint density at radius 3 is 3.00 bits per heavy atom. The van der Waals surface area contributed by atoms with Crippen molar-refractivity contribution in [1.29, 1.82) is 0 Å². The summed E-state index contributed by atoms with van der Waals surface area (Å²) in [5.74, 6) is 0.794. The van der Waals surface area contributed by atoms with Gasteiger partial charge >= 0.3 is 0 Å². The molecule has 1 aromatic heterocycles. The van der Waals surface area contributed by atoms with Crippen molar-refractivity contribution in [2.45, 2.75) is 11.7 Å². The van der Waals surface area contributed by atoms with E-state index >= 15 is 0 Å². The Morgan fingerprint density at radius 1 is 1.70 bits per heavy atom. The van der Waals surface area contributed by atoms with E-state index in [1.54, 1.807) is 6.20 Å². The van der Waals surface area contributed by atoms with Gasteiger partial charge in [0.05, 0.1) is 0 Å². The Hall–Kier alpha value is -0.0900. The van der Waals surface area contributed by atoms with Gasteiger partial charge in [-0.3, -0.25) is 5.10 Å². The largest absolute Gasteiger partial charge is 0.283 e. The quantitative estimate of drug-likeness (QED) is 0.590. The fourth-order valence-electron chi connectivity index (χ4n) is 0.717. The maximum Gasteiger partial charge on any atom is 0.0490 e. The van der Waals surface area contributed by atoms with Gasteiger partial charge in [0.15, 0.2) is 0 Å². The predicted molar refractivity (Wildman–Crippen MR) is 48.9 cm³/mol. The molecule has 0 saturated carbocycles. The molecule has 10 heavy (non-hydrogen) atoms. The second kappa shape index (κ2) is 3.93. The van der Waals surface area contributed by atoms with Crippen LogP contribution in [0.2, 0.25) is 0 Å². The molecular formula is C6H10N2S2. The highest BCUT2D eigenvalue weighted by Gasteiger charge is 2.01. The Morgan fingerprint density at radius 2 is 2.50 bits per heavy atom. The monoisotopic (exact) mass is 174 g/mol. The first-order valence-electron chi connectivity index (χ1n) is 3.10. The van der Waals surface area contributed by atoms with Crippen molar-refractivity contribution in [1.82, 2.24) is 10.2 Å². The van der Waals surface area contributed by atoms with Crippen molar-refractivity contribution < 1.29 is 0 Å². The summed E-state index contributed by atoms with van der Waals surface area (Å²) in [6.45, 7) is 0. The summed E-state index contributed by atoms with van der Waals surface area (Å²) < 4.78 is 0. The van der Waals surface area contributed by atoms with Crippen molar-refractivity contribution in [3.63, 3.8) is 0 Å². The van der Waals surface area contributed by atoms with E-state index in [-0.39, 0.29) is 0 Å². The lowest BCUT2D eigenvalue weighted by Gasteiger charge is -2.02. The number of nitrogens with one attached hydrogen (secondary N) is 1. The fraction of sp³-hybridized carbons (Fsp3) is 0.500. The highest BCUT2D eigenvalue weighted by molar-refractivity contribution is 7.84. The van der Waals surface area contributed by atoms with E-state index in [2.05, 4.69) is 35.5 Å². The summed E-state index contributed by atoms with van der Waals surface area (Å²) in [6.07, 6.45) is 2.65. The topological polar surface area (TPSA) is 28.7 Å². The normalized spacial score (nSPS) is 13.4. The molecule has 0 bridgehead atoms. The van der Waals surface area contributed by atoms with E-state index in [4.69, 9.17) is 0 Å². The number of aromatic amines is 1. The average molecular weight is 174 g/mol. The van der Waals surface area contributed by atoms with Gasteiger partial charge in [-0.05, 0) is 6.07 Å². The van der Waals surface area contributed by atoms with Gasteiger partial charge in [0.1, 0.15) is 0 Å².